The van der Waals surface area contributed by atoms with Gasteiger partial charge in [0.1, 0.15) is 5.75 Å². The number of ketones is 1. The molecule has 1 N–H and O–H groups in total. The molecule has 18 heavy (non-hydrogen) atoms. The predicted octanol–water partition coefficient (Wildman–Crippen LogP) is 2.37. The van der Waals surface area contributed by atoms with Gasteiger partial charge >= 0.3 is 0 Å². The topological polar surface area (TPSA) is 38.3 Å². The lowest BCUT2D eigenvalue weighted by Gasteiger charge is -2.13. The summed E-state index contributed by atoms with van der Waals surface area (Å²) in [6, 6.07) is 4.10. The van der Waals surface area contributed by atoms with Gasteiger partial charge < -0.3 is 10.1 Å². The summed E-state index contributed by atoms with van der Waals surface area (Å²) >= 11 is 0. The van der Waals surface area contributed by atoms with Gasteiger partial charge in [0.2, 0.25) is 0 Å². The van der Waals surface area contributed by atoms with Crippen LogP contribution in [0.2, 0.25) is 0 Å². The fraction of sp³-hybridized carbons (Fsp3) is 0.533. The molecule has 3 heteroatoms. The van der Waals surface area contributed by atoms with Gasteiger partial charge in [-0.2, -0.15) is 0 Å². The number of aryl methyl sites for hydroxylation is 2. The van der Waals surface area contributed by atoms with Crippen molar-refractivity contribution >= 4 is 5.78 Å². The SMILES string of the molecule is CNCC(=O)c1cc2c(cc1OC)CCCCC2. The third kappa shape index (κ3) is 2.72. The number of ether oxygens (including phenoxy) is 1. The number of carbonyl (C=O) groups is 1. The molecule has 1 aliphatic carbocycles. The van der Waals surface area contributed by atoms with Gasteiger partial charge in [-0.25, -0.2) is 0 Å². The lowest BCUT2D eigenvalue weighted by atomic mass is 9.97. The molecule has 0 bridgehead atoms. The molecule has 0 spiro atoms. The lowest BCUT2D eigenvalue weighted by Crippen LogP contribution is -2.19. The van der Waals surface area contributed by atoms with Crippen molar-refractivity contribution in [1.29, 1.82) is 0 Å². The molecule has 0 atom stereocenters. The second kappa shape index (κ2) is 6.01. The Morgan fingerprint density at radius 3 is 2.50 bits per heavy atom. The fourth-order valence-electron chi connectivity index (χ4n) is 2.58. The first kappa shape index (κ1) is 13.1. The summed E-state index contributed by atoms with van der Waals surface area (Å²) in [5.74, 6) is 0.817. The average molecular weight is 247 g/mol. The lowest BCUT2D eigenvalue weighted by molar-refractivity contribution is 0.0990. The molecule has 0 fully saturated rings. The minimum absolute atomic E-state index is 0.0985. The van der Waals surface area contributed by atoms with Crippen molar-refractivity contribution in [2.24, 2.45) is 0 Å². The summed E-state index contributed by atoms with van der Waals surface area (Å²) in [7, 11) is 3.42. The van der Waals surface area contributed by atoms with Crippen molar-refractivity contribution in [3.8, 4) is 5.75 Å². The van der Waals surface area contributed by atoms with Gasteiger partial charge in [-0.3, -0.25) is 4.79 Å². The van der Waals surface area contributed by atoms with Crippen LogP contribution < -0.4 is 10.1 Å². The first-order chi connectivity index (χ1) is 8.76. The standard InChI is InChI=1S/C15H21NO2/c1-16-10-14(17)13-8-11-6-4-3-5-7-12(11)9-15(13)18-2/h8-9,16H,3-7,10H2,1-2H3. The van der Waals surface area contributed by atoms with Crippen LogP contribution in [0.1, 0.15) is 40.7 Å². The Morgan fingerprint density at radius 1 is 1.22 bits per heavy atom. The Labute approximate surface area is 109 Å². The molecule has 0 aromatic heterocycles. The number of carbonyl (C=O) groups excluding carboxylic acids is 1. The molecule has 3 nitrogen and oxygen atoms in total. The van der Waals surface area contributed by atoms with E-state index in [0.29, 0.717) is 12.1 Å². The third-order valence-corrected chi connectivity index (χ3v) is 3.55. The van der Waals surface area contributed by atoms with Crippen LogP contribution in [0.3, 0.4) is 0 Å². The molecule has 0 radical (unpaired) electrons. The zero-order valence-corrected chi connectivity index (χ0v) is 11.2. The summed E-state index contributed by atoms with van der Waals surface area (Å²) in [5.41, 5.74) is 3.39. The highest BCUT2D eigenvalue weighted by Crippen LogP contribution is 2.28. The maximum Gasteiger partial charge on any atom is 0.180 e. The first-order valence-electron chi connectivity index (χ1n) is 6.64. The van der Waals surface area contributed by atoms with E-state index in [2.05, 4.69) is 11.4 Å². The van der Waals surface area contributed by atoms with E-state index in [-0.39, 0.29) is 5.78 Å². The van der Waals surface area contributed by atoms with E-state index in [1.165, 1.54) is 30.4 Å². The molecule has 1 aromatic carbocycles. The van der Waals surface area contributed by atoms with Crippen LogP contribution in [0.25, 0.3) is 0 Å². The number of rotatable bonds is 4. The van der Waals surface area contributed by atoms with Gasteiger partial charge in [-0.15, -0.1) is 0 Å². The molecule has 0 unspecified atom stereocenters. The molecule has 0 saturated carbocycles. The molecule has 0 heterocycles. The van der Waals surface area contributed by atoms with E-state index in [0.717, 1.165) is 18.6 Å². The summed E-state index contributed by atoms with van der Waals surface area (Å²) in [6.07, 6.45) is 5.92. The number of fused-ring (bicyclic) bond motifs is 1. The Hall–Kier alpha value is -1.35. The number of hydrogen-bond donors (Lipinski definition) is 1. The first-order valence-corrected chi connectivity index (χ1v) is 6.64. The molecular weight excluding hydrogens is 226 g/mol. The Morgan fingerprint density at radius 2 is 1.89 bits per heavy atom. The van der Waals surface area contributed by atoms with Crippen LogP contribution in [0, 0.1) is 0 Å². The molecule has 0 amide bonds. The second-order valence-corrected chi connectivity index (χ2v) is 4.84. The molecule has 1 aromatic rings. The molecular formula is C15H21NO2. The summed E-state index contributed by atoms with van der Waals surface area (Å²) in [5, 5.41) is 2.90. The highest BCUT2D eigenvalue weighted by molar-refractivity contribution is 6.00. The van der Waals surface area contributed by atoms with E-state index in [1.807, 2.05) is 6.07 Å². The Kier molecular flexibility index (Phi) is 4.37. The monoisotopic (exact) mass is 247 g/mol. The van der Waals surface area contributed by atoms with Crippen LogP contribution in [-0.2, 0) is 12.8 Å². The third-order valence-electron chi connectivity index (χ3n) is 3.55. The van der Waals surface area contributed by atoms with Crippen LogP contribution >= 0.6 is 0 Å². The molecule has 0 aliphatic heterocycles. The van der Waals surface area contributed by atoms with Crippen LogP contribution in [0.15, 0.2) is 12.1 Å². The van der Waals surface area contributed by atoms with Crippen molar-refractivity contribution in [1.82, 2.24) is 5.32 Å². The maximum absolute atomic E-state index is 12.1. The quantitative estimate of drug-likeness (QED) is 0.655. The number of benzene rings is 1. The van der Waals surface area contributed by atoms with Gasteiger partial charge in [0.15, 0.2) is 5.78 Å². The van der Waals surface area contributed by atoms with E-state index < -0.39 is 0 Å². The minimum atomic E-state index is 0.0985. The Balaban J connectivity index is 2.39. The molecule has 0 saturated heterocycles. The smallest absolute Gasteiger partial charge is 0.180 e. The zero-order valence-electron chi connectivity index (χ0n) is 11.2. The fourth-order valence-corrected chi connectivity index (χ4v) is 2.58. The van der Waals surface area contributed by atoms with Gasteiger partial charge in [-0.05, 0) is 56.0 Å². The van der Waals surface area contributed by atoms with E-state index in [4.69, 9.17) is 4.74 Å². The van der Waals surface area contributed by atoms with Crippen molar-refractivity contribution in [2.75, 3.05) is 20.7 Å². The van der Waals surface area contributed by atoms with E-state index >= 15 is 0 Å². The predicted molar refractivity (Wildman–Crippen MR) is 72.5 cm³/mol. The molecule has 2 rings (SSSR count). The van der Waals surface area contributed by atoms with Gasteiger partial charge in [0.25, 0.3) is 0 Å². The number of methoxy groups -OCH3 is 1. The average Bonchev–Trinajstić information content (AvgIpc) is 2.61. The highest BCUT2D eigenvalue weighted by Gasteiger charge is 2.17. The van der Waals surface area contributed by atoms with Crippen LogP contribution in [-0.4, -0.2) is 26.5 Å². The second-order valence-electron chi connectivity index (χ2n) is 4.84. The molecule has 98 valence electrons. The summed E-state index contributed by atoms with van der Waals surface area (Å²) in [6.45, 7) is 0.356. The number of likely N-dealkylation sites (N-methyl/N-ethyl adjacent to an activating group) is 1. The number of hydrogen-bond acceptors (Lipinski definition) is 3. The largest absolute Gasteiger partial charge is 0.496 e. The van der Waals surface area contributed by atoms with E-state index in [9.17, 15) is 4.79 Å². The summed E-state index contributed by atoms with van der Waals surface area (Å²) < 4.78 is 5.37. The normalized spacial score (nSPS) is 14.8. The van der Waals surface area contributed by atoms with Gasteiger partial charge in [0.05, 0.1) is 19.2 Å². The maximum atomic E-state index is 12.1. The number of Topliss-reactive ketones (excluding diaryl/α,β-unsaturated/α-hetero) is 1. The van der Waals surface area contributed by atoms with Crippen LogP contribution in [0.5, 0.6) is 5.75 Å². The van der Waals surface area contributed by atoms with Crippen molar-refractivity contribution in [2.45, 2.75) is 32.1 Å². The summed E-state index contributed by atoms with van der Waals surface area (Å²) in [4.78, 5) is 12.1. The van der Waals surface area contributed by atoms with Gasteiger partial charge in [-0.1, -0.05) is 6.42 Å². The highest BCUT2D eigenvalue weighted by atomic mass is 16.5. The van der Waals surface area contributed by atoms with Gasteiger partial charge in [0, 0.05) is 0 Å². The van der Waals surface area contributed by atoms with Crippen LogP contribution in [0.4, 0.5) is 0 Å². The Bertz CT molecular complexity index is 440. The van der Waals surface area contributed by atoms with Crippen molar-refractivity contribution in [3.63, 3.8) is 0 Å². The zero-order chi connectivity index (χ0) is 13.0. The molecule has 1 aliphatic rings. The van der Waals surface area contributed by atoms with Crippen molar-refractivity contribution < 1.29 is 9.53 Å². The van der Waals surface area contributed by atoms with Crippen molar-refractivity contribution in [3.05, 3.63) is 28.8 Å². The minimum Gasteiger partial charge on any atom is -0.496 e. The number of nitrogens with one attached hydrogen (secondary N) is 1. The van der Waals surface area contributed by atoms with E-state index in [1.54, 1.807) is 14.2 Å².